The van der Waals surface area contributed by atoms with Gasteiger partial charge in [-0.3, -0.25) is 0 Å². The fourth-order valence-electron chi connectivity index (χ4n) is 2.28. The summed E-state index contributed by atoms with van der Waals surface area (Å²) in [4.78, 5) is 12.7. The number of carboxylic acid groups (broad SMARTS) is 1. The summed E-state index contributed by atoms with van der Waals surface area (Å²) in [6, 6.07) is 8.02. The van der Waals surface area contributed by atoms with E-state index in [2.05, 4.69) is 36.6 Å². The molecule has 3 N–H and O–H groups in total. The molecule has 0 unspecified atom stereocenters. The van der Waals surface area contributed by atoms with Crippen LogP contribution in [0.25, 0.3) is 0 Å². The summed E-state index contributed by atoms with van der Waals surface area (Å²) in [5, 5.41) is 16.0. The lowest BCUT2D eigenvalue weighted by Gasteiger charge is -2.20. The summed E-state index contributed by atoms with van der Waals surface area (Å²) in [5.74, 6) is 0. The van der Waals surface area contributed by atoms with Crippen LogP contribution in [0.3, 0.4) is 0 Å². The van der Waals surface area contributed by atoms with Gasteiger partial charge in [0.25, 0.3) is 0 Å². The van der Waals surface area contributed by atoms with Crippen molar-refractivity contribution in [3.8, 4) is 0 Å². The molecule has 0 spiro atoms. The van der Waals surface area contributed by atoms with Crippen LogP contribution in [-0.4, -0.2) is 58.5 Å². The largest absolute Gasteiger partial charge is 0.465 e. The Kier molecular flexibility index (Phi) is 6.37. The van der Waals surface area contributed by atoms with E-state index in [0.29, 0.717) is 19.6 Å². The molecule has 6 nitrogen and oxygen atoms in total. The maximum atomic E-state index is 11.2. The number of nitrogens with zero attached hydrogens (tertiary/aromatic N) is 2. The molecule has 0 aromatic heterocycles. The summed E-state index contributed by atoms with van der Waals surface area (Å²) < 4.78 is 2.19. The Bertz CT molecular complexity index is 472. The summed E-state index contributed by atoms with van der Waals surface area (Å²) in [5.41, 5.74) is 2.07. The highest BCUT2D eigenvalue weighted by Crippen LogP contribution is 2.20. The standard InChI is InChI=1S/C14H21IN4O2/c15-19-9-3-8-18(14(20)21)10-6-16-12-4-1-2-5-13(12)17-7-11-19/h1-2,4-5,16-17H,3,6-11H2,(H,20,21). The van der Waals surface area contributed by atoms with Crippen LogP contribution in [0, 0.1) is 0 Å². The van der Waals surface area contributed by atoms with E-state index in [-0.39, 0.29) is 0 Å². The lowest BCUT2D eigenvalue weighted by molar-refractivity contribution is 0.146. The number of para-hydroxylation sites is 2. The first-order chi connectivity index (χ1) is 10.2. The smallest absolute Gasteiger partial charge is 0.407 e. The molecule has 1 aromatic carbocycles. The van der Waals surface area contributed by atoms with Gasteiger partial charge in [0.05, 0.1) is 11.4 Å². The molecule has 116 valence electrons. The third kappa shape index (κ3) is 5.24. The molecule has 1 amide bonds. The van der Waals surface area contributed by atoms with Gasteiger partial charge in [0, 0.05) is 62.1 Å². The van der Waals surface area contributed by atoms with Crippen molar-refractivity contribution in [2.24, 2.45) is 0 Å². The highest BCUT2D eigenvalue weighted by Gasteiger charge is 2.12. The van der Waals surface area contributed by atoms with Crippen LogP contribution in [-0.2, 0) is 0 Å². The van der Waals surface area contributed by atoms with Crippen molar-refractivity contribution in [2.75, 3.05) is 49.9 Å². The number of amides is 1. The molecule has 1 aliphatic heterocycles. The quantitative estimate of drug-likeness (QED) is 0.458. The average molecular weight is 404 g/mol. The van der Waals surface area contributed by atoms with Gasteiger partial charge in [-0.25, -0.2) is 7.91 Å². The van der Waals surface area contributed by atoms with Crippen molar-refractivity contribution in [3.63, 3.8) is 0 Å². The summed E-state index contributed by atoms with van der Waals surface area (Å²) in [6.45, 7) is 4.35. The SMILES string of the molecule is O=C(O)N1CCCN(I)CCNc2ccccc2NCC1. The lowest BCUT2D eigenvalue weighted by Crippen LogP contribution is -2.35. The minimum absolute atomic E-state index is 0.491. The van der Waals surface area contributed by atoms with Crippen LogP contribution in [0.2, 0.25) is 0 Å². The first-order valence-electron chi connectivity index (χ1n) is 7.12. The van der Waals surface area contributed by atoms with Gasteiger partial charge in [0.2, 0.25) is 0 Å². The Labute approximate surface area is 139 Å². The Hall–Kier alpha value is -1.22. The van der Waals surface area contributed by atoms with E-state index in [4.69, 9.17) is 0 Å². The summed E-state index contributed by atoms with van der Waals surface area (Å²) in [7, 11) is 0. The summed E-state index contributed by atoms with van der Waals surface area (Å²) >= 11 is 2.30. The van der Waals surface area contributed by atoms with Crippen molar-refractivity contribution >= 4 is 40.3 Å². The molecule has 0 bridgehead atoms. The van der Waals surface area contributed by atoms with Gasteiger partial charge < -0.3 is 20.6 Å². The zero-order valence-electron chi connectivity index (χ0n) is 11.9. The number of hydrogen-bond acceptors (Lipinski definition) is 4. The van der Waals surface area contributed by atoms with Crippen molar-refractivity contribution < 1.29 is 9.90 Å². The molecule has 7 heteroatoms. The molecule has 1 aromatic rings. The Morgan fingerprint density at radius 1 is 1.05 bits per heavy atom. The number of benzene rings is 1. The number of rotatable bonds is 0. The molecule has 2 rings (SSSR count). The fourth-order valence-corrected chi connectivity index (χ4v) is 2.86. The Morgan fingerprint density at radius 2 is 1.67 bits per heavy atom. The fraction of sp³-hybridized carbons (Fsp3) is 0.500. The van der Waals surface area contributed by atoms with Crippen LogP contribution < -0.4 is 10.6 Å². The van der Waals surface area contributed by atoms with E-state index in [0.717, 1.165) is 37.4 Å². The topological polar surface area (TPSA) is 67.8 Å². The van der Waals surface area contributed by atoms with E-state index in [1.807, 2.05) is 24.3 Å². The highest BCUT2D eigenvalue weighted by atomic mass is 127. The Balaban J connectivity index is 2.06. The van der Waals surface area contributed by atoms with Crippen LogP contribution in [0.5, 0.6) is 0 Å². The van der Waals surface area contributed by atoms with Crippen LogP contribution in [0.1, 0.15) is 6.42 Å². The molecule has 0 fully saturated rings. The lowest BCUT2D eigenvalue weighted by atomic mass is 10.2. The molecule has 0 aliphatic carbocycles. The van der Waals surface area contributed by atoms with Crippen molar-refractivity contribution in [1.82, 2.24) is 8.01 Å². The monoisotopic (exact) mass is 404 g/mol. The van der Waals surface area contributed by atoms with Crippen LogP contribution in [0.4, 0.5) is 16.2 Å². The molecule has 1 heterocycles. The minimum atomic E-state index is -0.849. The van der Waals surface area contributed by atoms with E-state index in [1.165, 1.54) is 4.90 Å². The van der Waals surface area contributed by atoms with E-state index in [1.54, 1.807) is 0 Å². The molecule has 0 saturated heterocycles. The highest BCUT2D eigenvalue weighted by molar-refractivity contribution is 14.1. The van der Waals surface area contributed by atoms with E-state index in [9.17, 15) is 9.90 Å². The predicted molar refractivity (Wildman–Crippen MR) is 93.2 cm³/mol. The van der Waals surface area contributed by atoms with Gasteiger partial charge in [0.1, 0.15) is 0 Å². The molecule has 0 saturated carbocycles. The summed E-state index contributed by atoms with van der Waals surface area (Å²) in [6.07, 6.45) is 0.000403. The number of anilines is 2. The number of fused-ring (bicyclic) bond motifs is 1. The zero-order chi connectivity index (χ0) is 15.1. The second kappa shape index (κ2) is 8.28. The molecular formula is C14H21IN4O2. The minimum Gasteiger partial charge on any atom is -0.465 e. The molecule has 0 atom stereocenters. The second-order valence-corrected chi connectivity index (χ2v) is 6.30. The zero-order valence-corrected chi connectivity index (χ0v) is 14.0. The number of hydrogen-bond donors (Lipinski definition) is 3. The van der Waals surface area contributed by atoms with Gasteiger partial charge in [-0.05, 0) is 18.6 Å². The van der Waals surface area contributed by atoms with Gasteiger partial charge in [0.15, 0.2) is 0 Å². The van der Waals surface area contributed by atoms with Crippen molar-refractivity contribution in [1.29, 1.82) is 0 Å². The van der Waals surface area contributed by atoms with Gasteiger partial charge >= 0.3 is 6.09 Å². The van der Waals surface area contributed by atoms with Crippen LogP contribution in [0.15, 0.2) is 24.3 Å². The van der Waals surface area contributed by atoms with Gasteiger partial charge in [-0.2, -0.15) is 0 Å². The first-order valence-corrected chi connectivity index (χ1v) is 8.08. The molecule has 21 heavy (non-hydrogen) atoms. The second-order valence-electron chi connectivity index (χ2n) is 4.93. The first kappa shape index (κ1) is 16.2. The predicted octanol–water partition coefficient (Wildman–Crippen LogP) is 2.55. The van der Waals surface area contributed by atoms with Crippen LogP contribution >= 0.6 is 22.9 Å². The third-order valence-electron chi connectivity index (χ3n) is 3.39. The van der Waals surface area contributed by atoms with Crippen molar-refractivity contribution in [2.45, 2.75) is 6.42 Å². The van der Waals surface area contributed by atoms with Gasteiger partial charge in [-0.1, -0.05) is 12.1 Å². The van der Waals surface area contributed by atoms with E-state index >= 15 is 0 Å². The third-order valence-corrected chi connectivity index (χ3v) is 4.36. The molecular weight excluding hydrogens is 383 g/mol. The average Bonchev–Trinajstić information content (AvgIpc) is 2.47. The number of nitrogens with one attached hydrogen (secondary N) is 2. The molecule has 0 radical (unpaired) electrons. The van der Waals surface area contributed by atoms with Gasteiger partial charge in [-0.15, -0.1) is 0 Å². The maximum Gasteiger partial charge on any atom is 0.407 e. The van der Waals surface area contributed by atoms with Crippen molar-refractivity contribution in [3.05, 3.63) is 24.3 Å². The maximum absolute atomic E-state index is 11.2. The number of halogens is 1. The van der Waals surface area contributed by atoms with E-state index < -0.39 is 6.09 Å². The normalized spacial score (nSPS) is 18.2. The number of carbonyl (C=O) groups is 1. The molecule has 1 aliphatic rings. The Morgan fingerprint density at radius 3 is 2.29 bits per heavy atom.